The lowest BCUT2D eigenvalue weighted by atomic mass is 10.1. The summed E-state index contributed by atoms with van der Waals surface area (Å²) in [6, 6.07) is 19.0. The molecule has 0 amide bonds. The van der Waals surface area contributed by atoms with E-state index in [2.05, 4.69) is 20.9 Å². The van der Waals surface area contributed by atoms with Crippen molar-refractivity contribution in [3.05, 3.63) is 82.7 Å². The summed E-state index contributed by atoms with van der Waals surface area (Å²) in [7, 11) is 0. The fourth-order valence-corrected chi connectivity index (χ4v) is 3.05. The lowest BCUT2D eigenvalue weighted by molar-refractivity contribution is 0.103. The maximum atomic E-state index is 13.0. The van der Waals surface area contributed by atoms with Crippen LogP contribution < -0.4 is 0 Å². The fourth-order valence-electron chi connectivity index (χ4n) is 2.74. The summed E-state index contributed by atoms with van der Waals surface area (Å²) in [4.78, 5) is 17.5. The third kappa shape index (κ3) is 1.96. The van der Waals surface area contributed by atoms with Gasteiger partial charge in [0.15, 0.2) is 0 Å². The number of pyridine rings is 2. The molecule has 0 radical (unpaired) electrons. The van der Waals surface area contributed by atoms with Gasteiger partial charge in [-0.15, -0.1) is 0 Å². The molecular weight excluding hydrogens is 340 g/mol. The summed E-state index contributed by atoms with van der Waals surface area (Å²) in [5.74, 6) is 0.000854. The number of rotatable bonds is 2. The molecule has 4 heteroatoms. The quantitative estimate of drug-likeness (QED) is 0.394. The minimum atomic E-state index is 0.000854. The van der Waals surface area contributed by atoms with Gasteiger partial charge in [-0.3, -0.25) is 4.79 Å². The van der Waals surface area contributed by atoms with Gasteiger partial charge in [0.1, 0.15) is 10.3 Å². The molecule has 0 saturated carbocycles. The molecule has 0 aliphatic carbocycles. The Morgan fingerprint density at radius 1 is 0.955 bits per heavy atom. The molecule has 3 nitrogen and oxygen atoms in total. The van der Waals surface area contributed by atoms with E-state index in [1.807, 2.05) is 71.3 Å². The van der Waals surface area contributed by atoms with E-state index in [1.165, 1.54) is 0 Å². The van der Waals surface area contributed by atoms with E-state index in [4.69, 9.17) is 0 Å². The number of hydrogen-bond donors (Lipinski definition) is 0. The number of hydrogen-bond acceptors (Lipinski definition) is 2. The van der Waals surface area contributed by atoms with Crippen molar-refractivity contribution in [3.63, 3.8) is 0 Å². The topological polar surface area (TPSA) is 34.4 Å². The highest BCUT2D eigenvalue weighted by molar-refractivity contribution is 9.10. The van der Waals surface area contributed by atoms with E-state index in [0.717, 1.165) is 21.0 Å². The highest BCUT2D eigenvalue weighted by Crippen LogP contribution is 2.28. The van der Waals surface area contributed by atoms with Crippen LogP contribution in [0.1, 0.15) is 16.1 Å². The Hall–Kier alpha value is -2.46. The van der Waals surface area contributed by atoms with Crippen LogP contribution in [0.5, 0.6) is 0 Å². The van der Waals surface area contributed by atoms with Gasteiger partial charge in [0.2, 0.25) is 5.78 Å². The average molecular weight is 351 g/mol. The van der Waals surface area contributed by atoms with Gasteiger partial charge in [0, 0.05) is 17.1 Å². The van der Waals surface area contributed by atoms with E-state index in [9.17, 15) is 4.79 Å². The van der Waals surface area contributed by atoms with Crippen LogP contribution in [0.2, 0.25) is 0 Å². The van der Waals surface area contributed by atoms with Crippen LogP contribution in [-0.4, -0.2) is 15.2 Å². The first-order chi connectivity index (χ1) is 10.8. The lowest BCUT2D eigenvalue weighted by Gasteiger charge is -2.02. The maximum Gasteiger partial charge on any atom is 0.210 e. The van der Waals surface area contributed by atoms with Crippen molar-refractivity contribution in [2.45, 2.75) is 0 Å². The minimum Gasteiger partial charge on any atom is -0.311 e. The molecule has 4 aromatic rings. The summed E-state index contributed by atoms with van der Waals surface area (Å²) in [5, 5.41) is 0.864. The standard InChI is InChI=1S/C18H11BrN2O/c19-15-10-9-13-16(20-15)14-8-4-5-11-21(14)17(13)18(22)12-6-2-1-3-7-12/h1-11H. The van der Waals surface area contributed by atoms with Crippen molar-refractivity contribution in [3.8, 4) is 0 Å². The SMILES string of the molecule is O=C(c1ccccc1)c1c2ccc(Br)nc2c2ccccn12. The summed E-state index contributed by atoms with van der Waals surface area (Å²) >= 11 is 3.40. The fraction of sp³-hybridized carbons (Fsp3) is 0. The Morgan fingerprint density at radius 2 is 1.73 bits per heavy atom. The van der Waals surface area contributed by atoms with E-state index in [-0.39, 0.29) is 5.78 Å². The molecule has 3 aromatic heterocycles. The number of ketones is 1. The predicted molar refractivity (Wildman–Crippen MR) is 90.3 cm³/mol. The van der Waals surface area contributed by atoms with Crippen molar-refractivity contribution in [2.24, 2.45) is 0 Å². The van der Waals surface area contributed by atoms with Gasteiger partial charge in [0.05, 0.1) is 11.0 Å². The second kappa shape index (κ2) is 5.07. The van der Waals surface area contributed by atoms with Crippen molar-refractivity contribution in [1.29, 1.82) is 0 Å². The van der Waals surface area contributed by atoms with Gasteiger partial charge in [-0.05, 0) is 40.2 Å². The Bertz CT molecular complexity index is 1010. The molecule has 0 unspecified atom stereocenters. The number of halogens is 1. The smallest absolute Gasteiger partial charge is 0.210 e. The zero-order valence-electron chi connectivity index (χ0n) is 11.5. The second-order valence-electron chi connectivity index (χ2n) is 5.03. The van der Waals surface area contributed by atoms with Crippen LogP contribution >= 0.6 is 15.9 Å². The van der Waals surface area contributed by atoms with E-state index < -0.39 is 0 Å². The van der Waals surface area contributed by atoms with E-state index in [0.29, 0.717) is 11.3 Å². The summed E-state index contributed by atoms with van der Waals surface area (Å²) in [5.41, 5.74) is 3.08. The first-order valence-corrected chi connectivity index (χ1v) is 7.70. The van der Waals surface area contributed by atoms with E-state index in [1.54, 1.807) is 0 Å². The van der Waals surface area contributed by atoms with Crippen molar-refractivity contribution in [2.75, 3.05) is 0 Å². The monoisotopic (exact) mass is 350 g/mol. The molecule has 0 fully saturated rings. The van der Waals surface area contributed by atoms with Crippen molar-refractivity contribution >= 4 is 38.1 Å². The van der Waals surface area contributed by atoms with Crippen LogP contribution in [0.4, 0.5) is 0 Å². The first kappa shape index (κ1) is 13.2. The van der Waals surface area contributed by atoms with Gasteiger partial charge in [0.25, 0.3) is 0 Å². The molecule has 3 heterocycles. The molecule has 0 atom stereocenters. The van der Waals surface area contributed by atoms with Crippen LogP contribution in [0, 0.1) is 0 Å². The van der Waals surface area contributed by atoms with Crippen molar-refractivity contribution < 1.29 is 4.79 Å². The van der Waals surface area contributed by atoms with Gasteiger partial charge in [-0.1, -0.05) is 36.4 Å². The lowest BCUT2D eigenvalue weighted by Crippen LogP contribution is -2.05. The molecule has 0 bridgehead atoms. The van der Waals surface area contributed by atoms with Crippen LogP contribution in [0.15, 0.2) is 71.5 Å². The molecule has 22 heavy (non-hydrogen) atoms. The molecule has 0 aliphatic rings. The van der Waals surface area contributed by atoms with E-state index >= 15 is 0 Å². The van der Waals surface area contributed by atoms with Gasteiger partial charge >= 0.3 is 0 Å². The Kier molecular flexibility index (Phi) is 3.05. The minimum absolute atomic E-state index is 0.000854. The Labute approximate surface area is 135 Å². The van der Waals surface area contributed by atoms with Crippen LogP contribution in [-0.2, 0) is 0 Å². The number of nitrogens with zero attached hydrogens (tertiary/aromatic N) is 2. The molecule has 4 rings (SSSR count). The Morgan fingerprint density at radius 3 is 2.55 bits per heavy atom. The highest BCUT2D eigenvalue weighted by Gasteiger charge is 2.19. The predicted octanol–water partition coefficient (Wildman–Crippen LogP) is 4.48. The third-order valence-electron chi connectivity index (χ3n) is 3.71. The third-order valence-corrected chi connectivity index (χ3v) is 4.15. The summed E-state index contributed by atoms with van der Waals surface area (Å²) < 4.78 is 2.68. The molecule has 1 aromatic carbocycles. The molecule has 0 saturated heterocycles. The maximum absolute atomic E-state index is 13.0. The molecular formula is C18H11BrN2O. The zero-order valence-corrected chi connectivity index (χ0v) is 13.1. The number of carbonyl (C=O) groups is 1. The normalized spacial score (nSPS) is 11.1. The molecule has 0 aliphatic heterocycles. The molecule has 0 spiro atoms. The number of fused-ring (bicyclic) bond motifs is 3. The number of benzene rings is 1. The van der Waals surface area contributed by atoms with Gasteiger partial charge < -0.3 is 4.40 Å². The van der Waals surface area contributed by atoms with Crippen LogP contribution in [0.3, 0.4) is 0 Å². The summed E-state index contributed by atoms with van der Waals surface area (Å²) in [6.07, 6.45) is 1.90. The first-order valence-electron chi connectivity index (χ1n) is 6.91. The number of carbonyl (C=O) groups excluding carboxylic acids is 1. The van der Waals surface area contributed by atoms with Crippen LogP contribution in [0.25, 0.3) is 16.4 Å². The summed E-state index contributed by atoms with van der Waals surface area (Å²) in [6.45, 7) is 0. The molecule has 0 N–H and O–H groups in total. The van der Waals surface area contributed by atoms with Gasteiger partial charge in [-0.2, -0.15) is 0 Å². The highest BCUT2D eigenvalue weighted by atomic mass is 79.9. The van der Waals surface area contributed by atoms with Crippen molar-refractivity contribution in [1.82, 2.24) is 9.38 Å². The zero-order chi connectivity index (χ0) is 15.1. The average Bonchev–Trinajstić information content (AvgIpc) is 2.89. The molecule has 106 valence electrons. The second-order valence-corrected chi connectivity index (χ2v) is 5.84. The van der Waals surface area contributed by atoms with Gasteiger partial charge in [-0.25, -0.2) is 4.98 Å². The largest absolute Gasteiger partial charge is 0.311 e. The Balaban J connectivity index is 2.09. The number of aromatic nitrogens is 2.